The van der Waals surface area contributed by atoms with E-state index in [0.29, 0.717) is 28.9 Å². The molecular formula is C20H20F5N3O2S. The molecule has 0 bridgehead atoms. The van der Waals surface area contributed by atoms with Crippen LogP contribution in [0.1, 0.15) is 12.5 Å². The first-order valence-electron chi connectivity index (χ1n) is 9.11. The Bertz CT molecular complexity index is 891. The highest BCUT2D eigenvalue weighted by Gasteiger charge is 2.33. The summed E-state index contributed by atoms with van der Waals surface area (Å²) in [5, 5.41) is 4.81. The Hall–Kier alpha value is -2.66. The predicted octanol–water partition coefficient (Wildman–Crippen LogP) is 4.92. The van der Waals surface area contributed by atoms with Crippen molar-refractivity contribution in [1.29, 1.82) is 0 Å². The second-order valence-corrected chi connectivity index (χ2v) is 7.41. The van der Waals surface area contributed by atoms with Crippen molar-refractivity contribution in [3.63, 3.8) is 0 Å². The molecule has 2 amide bonds. The fourth-order valence-corrected chi connectivity index (χ4v) is 3.13. The summed E-state index contributed by atoms with van der Waals surface area (Å²) in [6, 6.07) is 10.4. The van der Waals surface area contributed by atoms with E-state index in [1.165, 1.54) is 41.3 Å². The second-order valence-electron chi connectivity index (χ2n) is 6.35. The van der Waals surface area contributed by atoms with E-state index >= 15 is 0 Å². The van der Waals surface area contributed by atoms with E-state index in [1.54, 1.807) is 6.92 Å². The lowest BCUT2D eigenvalue weighted by Gasteiger charge is -2.20. The van der Waals surface area contributed by atoms with Gasteiger partial charge in [-0.3, -0.25) is 14.5 Å². The van der Waals surface area contributed by atoms with Crippen LogP contribution in [-0.4, -0.2) is 42.1 Å². The molecule has 0 unspecified atom stereocenters. The zero-order valence-electron chi connectivity index (χ0n) is 16.4. The molecule has 0 heterocycles. The third-order valence-electron chi connectivity index (χ3n) is 4.05. The summed E-state index contributed by atoms with van der Waals surface area (Å²) in [5.74, 6) is -3.70. The minimum absolute atomic E-state index is 0.182. The highest BCUT2D eigenvalue weighted by Crippen LogP contribution is 2.34. The van der Waals surface area contributed by atoms with Crippen molar-refractivity contribution < 1.29 is 31.5 Å². The van der Waals surface area contributed by atoms with Crippen molar-refractivity contribution in [1.82, 2.24) is 4.90 Å². The van der Waals surface area contributed by atoms with Gasteiger partial charge in [-0.15, -0.1) is 0 Å². The van der Waals surface area contributed by atoms with Crippen molar-refractivity contribution >= 4 is 35.0 Å². The molecule has 0 saturated heterocycles. The van der Waals surface area contributed by atoms with Crippen molar-refractivity contribution in [2.24, 2.45) is 0 Å². The SMILES string of the molecule is CCN(CC(=O)Nc1ccc(SC(F)F)cc1)CC(=O)Nc1ccccc1C(F)(F)F. The Morgan fingerprint density at radius 1 is 0.968 bits per heavy atom. The van der Waals surface area contributed by atoms with E-state index in [4.69, 9.17) is 0 Å². The Balaban J connectivity index is 1.91. The number of benzene rings is 2. The van der Waals surface area contributed by atoms with Gasteiger partial charge in [0.15, 0.2) is 0 Å². The number of carbonyl (C=O) groups excluding carboxylic acids is 2. The van der Waals surface area contributed by atoms with E-state index < -0.39 is 29.3 Å². The Kier molecular flexibility index (Phi) is 8.81. The molecule has 2 N–H and O–H groups in total. The second kappa shape index (κ2) is 11.1. The third kappa shape index (κ3) is 8.18. The van der Waals surface area contributed by atoms with Crippen molar-refractivity contribution in [3.05, 3.63) is 54.1 Å². The van der Waals surface area contributed by atoms with E-state index in [2.05, 4.69) is 10.6 Å². The van der Waals surface area contributed by atoms with Crippen molar-refractivity contribution in [3.8, 4) is 0 Å². The van der Waals surface area contributed by atoms with Crippen LogP contribution in [0.4, 0.5) is 33.3 Å². The van der Waals surface area contributed by atoms with Crippen LogP contribution in [0.25, 0.3) is 0 Å². The van der Waals surface area contributed by atoms with E-state index in [1.807, 2.05) is 0 Å². The Labute approximate surface area is 180 Å². The van der Waals surface area contributed by atoms with E-state index in [9.17, 15) is 31.5 Å². The lowest BCUT2D eigenvalue weighted by atomic mass is 10.1. The van der Waals surface area contributed by atoms with Crippen molar-refractivity contribution in [2.75, 3.05) is 30.3 Å². The van der Waals surface area contributed by atoms with Crippen LogP contribution in [0.2, 0.25) is 0 Å². The number of alkyl halides is 5. The number of halogens is 5. The molecule has 2 aromatic carbocycles. The summed E-state index contributed by atoms with van der Waals surface area (Å²) >= 11 is 0.381. The van der Waals surface area contributed by atoms with Gasteiger partial charge < -0.3 is 10.6 Å². The average Bonchev–Trinajstić information content (AvgIpc) is 2.68. The number of para-hydroxylation sites is 1. The summed E-state index contributed by atoms with van der Waals surface area (Å²) in [6.07, 6.45) is -4.61. The first-order chi connectivity index (χ1) is 14.6. The van der Waals surface area contributed by atoms with Crippen LogP contribution in [0.3, 0.4) is 0 Å². The van der Waals surface area contributed by atoms with Crippen LogP contribution < -0.4 is 10.6 Å². The van der Waals surface area contributed by atoms with Gasteiger partial charge in [-0.05, 0) is 42.9 Å². The third-order valence-corrected chi connectivity index (χ3v) is 4.77. The molecule has 0 spiro atoms. The molecule has 2 rings (SSSR count). The van der Waals surface area contributed by atoms with Gasteiger partial charge in [-0.2, -0.15) is 22.0 Å². The molecule has 0 aliphatic carbocycles. The molecule has 0 fully saturated rings. The maximum absolute atomic E-state index is 13.0. The molecule has 0 saturated carbocycles. The fraction of sp³-hybridized carbons (Fsp3) is 0.300. The van der Waals surface area contributed by atoms with Gasteiger partial charge in [0, 0.05) is 10.6 Å². The number of nitrogens with zero attached hydrogens (tertiary/aromatic N) is 1. The highest BCUT2D eigenvalue weighted by atomic mass is 32.2. The number of rotatable bonds is 9. The number of anilines is 2. The lowest BCUT2D eigenvalue weighted by Crippen LogP contribution is -2.38. The number of amides is 2. The number of thioether (sulfide) groups is 1. The summed E-state index contributed by atoms with van der Waals surface area (Å²) in [6.45, 7) is 1.52. The molecule has 0 aromatic heterocycles. The Morgan fingerprint density at radius 3 is 2.10 bits per heavy atom. The van der Waals surface area contributed by atoms with Gasteiger partial charge in [0.25, 0.3) is 5.76 Å². The normalized spacial score (nSPS) is 11.6. The number of hydrogen-bond acceptors (Lipinski definition) is 4. The standard InChI is InChI=1S/C20H20F5N3O2S/c1-2-28(11-17(29)26-13-7-9-14(10-8-13)31-19(21)22)12-18(30)27-16-6-4-3-5-15(16)20(23,24)25/h3-10,19H,2,11-12H2,1H3,(H,26,29)(H,27,30). The lowest BCUT2D eigenvalue weighted by molar-refractivity contribution is -0.137. The first kappa shape index (κ1) is 24.6. The molecule has 0 radical (unpaired) electrons. The minimum Gasteiger partial charge on any atom is -0.325 e. The molecule has 0 atom stereocenters. The molecule has 5 nitrogen and oxygen atoms in total. The highest BCUT2D eigenvalue weighted by molar-refractivity contribution is 7.99. The summed E-state index contributed by atoms with van der Waals surface area (Å²) in [5.41, 5.74) is -0.928. The maximum atomic E-state index is 13.0. The van der Waals surface area contributed by atoms with Crippen LogP contribution >= 0.6 is 11.8 Å². The summed E-state index contributed by atoms with van der Waals surface area (Å²) in [4.78, 5) is 26.2. The van der Waals surface area contributed by atoms with Crippen molar-refractivity contribution in [2.45, 2.75) is 23.8 Å². The molecule has 2 aromatic rings. The van der Waals surface area contributed by atoms with Gasteiger partial charge in [0.2, 0.25) is 11.8 Å². The van der Waals surface area contributed by atoms with E-state index in [-0.39, 0.29) is 18.8 Å². The number of hydrogen-bond donors (Lipinski definition) is 2. The van der Waals surface area contributed by atoms with Gasteiger partial charge in [-0.25, -0.2) is 0 Å². The predicted molar refractivity (Wildman–Crippen MR) is 109 cm³/mol. The molecular weight excluding hydrogens is 441 g/mol. The zero-order valence-corrected chi connectivity index (χ0v) is 17.2. The molecule has 31 heavy (non-hydrogen) atoms. The van der Waals surface area contributed by atoms with E-state index in [0.717, 1.165) is 12.1 Å². The topological polar surface area (TPSA) is 61.4 Å². The van der Waals surface area contributed by atoms with Gasteiger partial charge in [-0.1, -0.05) is 30.8 Å². The monoisotopic (exact) mass is 461 g/mol. The minimum atomic E-state index is -4.61. The Morgan fingerprint density at radius 2 is 1.55 bits per heavy atom. The molecule has 0 aliphatic heterocycles. The maximum Gasteiger partial charge on any atom is 0.418 e. The quantitative estimate of drug-likeness (QED) is 0.411. The number of carbonyl (C=O) groups is 2. The molecule has 11 heteroatoms. The summed E-state index contributed by atoms with van der Waals surface area (Å²) < 4.78 is 63.8. The van der Waals surface area contributed by atoms with Crippen LogP contribution in [0.5, 0.6) is 0 Å². The number of nitrogens with one attached hydrogen (secondary N) is 2. The molecule has 168 valence electrons. The first-order valence-corrected chi connectivity index (χ1v) is 9.99. The largest absolute Gasteiger partial charge is 0.418 e. The average molecular weight is 461 g/mol. The van der Waals surface area contributed by atoms with Gasteiger partial charge in [0.05, 0.1) is 24.3 Å². The smallest absolute Gasteiger partial charge is 0.325 e. The van der Waals surface area contributed by atoms with Crippen LogP contribution in [-0.2, 0) is 15.8 Å². The van der Waals surface area contributed by atoms with Gasteiger partial charge in [0.1, 0.15) is 0 Å². The van der Waals surface area contributed by atoms with Gasteiger partial charge >= 0.3 is 6.18 Å². The zero-order chi connectivity index (χ0) is 23.0. The summed E-state index contributed by atoms with van der Waals surface area (Å²) in [7, 11) is 0. The number of likely N-dealkylation sites (N-methyl/N-ethyl adjacent to an activating group) is 1. The fourth-order valence-electron chi connectivity index (χ4n) is 2.63. The molecule has 0 aliphatic rings. The van der Waals surface area contributed by atoms with Crippen LogP contribution in [0.15, 0.2) is 53.4 Å². The van der Waals surface area contributed by atoms with Crippen LogP contribution in [0, 0.1) is 0 Å².